The first-order valence-electron chi connectivity index (χ1n) is 8.63. The van der Waals surface area contributed by atoms with Crippen LogP contribution < -0.4 is 0 Å². The minimum atomic E-state index is -1.40. The van der Waals surface area contributed by atoms with Gasteiger partial charge in [0, 0.05) is 24.2 Å². The highest BCUT2D eigenvalue weighted by Crippen LogP contribution is 2.79. The predicted molar refractivity (Wildman–Crippen MR) is 81.2 cm³/mol. The molecule has 1 N–H and O–H groups in total. The minimum absolute atomic E-state index is 0.0643. The summed E-state index contributed by atoms with van der Waals surface area (Å²) in [6, 6.07) is 0. The Morgan fingerprint density at radius 3 is 2.61 bits per heavy atom. The van der Waals surface area contributed by atoms with Crippen molar-refractivity contribution in [2.24, 2.45) is 28.6 Å². The highest BCUT2D eigenvalue weighted by atomic mass is 16.6. The maximum absolute atomic E-state index is 12.5. The molecule has 1 heterocycles. The van der Waals surface area contributed by atoms with Crippen LogP contribution in [0.15, 0.2) is 0 Å². The molecule has 0 amide bonds. The number of rotatable bonds is 1. The molecule has 3 saturated carbocycles. The van der Waals surface area contributed by atoms with Crippen LogP contribution in [0.3, 0.4) is 0 Å². The third-order valence-corrected chi connectivity index (χ3v) is 7.53. The van der Waals surface area contributed by atoms with Gasteiger partial charge in [0.15, 0.2) is 5.60 Å². The zero-order chi connectivity index (χ0) is 17.0. The van der Waals surface area contributed by atoms with Crippen molar-refractivity contribution < 1.29 is 24.2 Å². The summed E-state index contributed by atoms with van der Waals surface area (Å²) in [6.45, 7) is 9.84. The summed E-state index contributed by atoms with van der Waals surface area (Å²) in [5.74, 6) is -0.461. The molecule has 0 aromatic heterocycles. The highest BCUT2D eigenvalue weighted by Gasteiger charge is 2.89. The molecule has 23 heavy (non-hydrogen) atoms. The molecule has 1 spiro atoms. The van der Waals surface area contributed by atoms with E-state index in [1.807, 2.05) is 6.92 Å². The van der Waals surface area contributed by atoms with E-state index in [0.29, 0.717) is 12.8 Å². The topological polar surface area (TPSA) is 72.8 Å². The van der Waals surface area contributed by atoms with E-state index in [4.69, 9.17) is 9.47 Å². The van der Waals surface area contributed by atoms with Gasteiger partial charge in [-0.2, -0.15) is 0 Å². The van der Waals surface area contributed by atoms with Gasteiger partial charge in [-0.1, -0.05) is 27.7 Å². The van der Waals surface area contributed by atoms with Crippen molar-refractivity contribution in [3.63, 3.8) is 0 Å². The summed E-state index contributed by atoms with van der Waals surface area (Å²) < 4.78 is 11.7. The quantitative estimate of drug-likeness (QED) is 0.748. The molecule has 128 valence electrons. The van der Waals surface area contributed by atoms with Crippen molar-refractivity contribution in [1.29, 1.82) is 0 Å². The number of aliphatic hydroxyl groups is 1. The first kappa shape index (κ1) is 15.4. The van der Waals surface area contributed by atoms with Crippen molar-refractivity contribution in [2.75, 3.05) is 0 Å². The molecule has 5 nitrogen and oxygen atoms in total. The highest BCUT2D eigenvalue weighted by molar-refractivity contribution is 5.86. The lowest BCUT2D eigenvalue weighted by molar-refractivity contribution is -0.212. The van der Waals surface area contributed by atoms with Gasteiger partial charge in [0.05, 0.1) is 0 Å². The normalized spacial score (nSPS) is 55.5. The Morgan fingerprint density at radius 2 is 2.00 bits per heavy atom. The van der Waals surface area contributed by atoms with E-state index < -0.39 is 22.6 Å². The Balaban J connectivity index is 1.91. The Bertz CT molecular complexity index is 613. The molecule has 5 heteroatoms. The SMILES string of the molecule is CC(=O)O[C@H]1C[C@@H](C)[C@@H]2C[C@@]3(O)C(=O)O[C@@]24[C@@H]1C(C)(C)C[C@@]43C. The van der Waals surface area contributed by atoms with Crippen LogP contribution in [0, 0.1) is 28.6 Å². The fourth-order valence-corrected chi connectivity index (χ4v) is 7.08. The second kappa shape index (κ2) is 3.93. The summed E-state index contributed by atoms with van der Waals surface area (Å²) in [4.78, 5) is 24.1. The predicted octanol–water partition coefficient (Wildman–Crippen LogP) is 2.06. The van der Waals surface area contributed by atoms with Crippen molar-refractivity contribution in [1.82, 2.24) is 0 Å². The molecule has 3 aliphatic carbocycles. The summed E-state index contributed by atoms with van der Waals surface area (Å²) in [5.41, 5.74) is -2.88. The maximum atomic E-state index is 12.5. The molecule has 1 saturated heterocycles. The van der Waals surface area contributed by atoms with Gasteiger partial charge in [-0.3, -0.25) is 4.79 Å². The molecule has 0 unspecified atom stereocenters. The average molecular weight is 322 g/mol. The zero-order valence-electron chi connectivity index (χ0n) is 14.5. The Labute approximate surface area is 136 Å². The van der Waals surface area contributed by atoms with Gasteiger partial charge in [0.2, 0.25) is 0 Å². The molecule has 1 aliphatic heterocycles. The molecule has 7 atom stereocenters. The monoisotopic (exact) mass is 322 g/mol. The van der Waals surface area contributed by atoms with Gasteiger partial charge in [-0.25, -0.2) is 4.79 Å². The maximum Gasteiger partial charge on any atom is 0.339 e. The third-order valence-electron chi connectivity index (χ3n) is 7.53. The van der Waals surface area contributed by atoms with Gasteiger partial charge in [0.25, 0.3) is 0 Å². The van der Waals surface area contributed by atoms with E-state index >= 15 is 0 Å². The standard InChI is InChI=1S/C18H26O5/c1-9-6-12(22-10(2)19)13-15(3,4)8-16(5)17(21)7-11(9)18(13,16)23-14(17)20/h9,11-13,21H,6-8H2,1-5H3/t9-,11+,12+,13+,16-,17-,18-/m1/s1. The Morgan fingerprint density at radius 1 is 1.35 bits per heavy atom. The van der Waals surface area contributed by atoms with Gasteiger partial charge in [-0.15, -0.1) is 0 Å². The van der Waals surface area contributed by atoms with Crippen molar-refractivity contribution >= 4 is 11.9 Å². The number of ether oxygens (including phenoxy) is 2. The van der Waals surface area contributed by atoms with Gasteiger partial charge in [-0.05, 0) is 30.6 Å². The first-order valence-corrected chi connectivity index (χ1v) is 8.63. The largest absolute Gasteiger partial charge is 0.462 e. The molecular formula is C18H26O5. The van der Waals surface area contributed by atoms with Crippen LogP contribution >= 0.6 is 0 Å². The zero-order valence-corrected chi connectivity index (χ0v) is 14.5. The Kier molecular flexibility index (Phi) is 2.64. The van der Waals surface area contributed by atoms with Gasteiger partial charge >= 0.3 is 11.9 Å². The summed E-state index contributed by atoms with van der Waals surface area (Å²) in [7, 11) is 0. The van der Waals surface area contributed by atoms with Crippen LogP contribution in [0.4, 0.5) is 0 Å². The van der Waals surface area contributed by atoms with Crippen molar-refractivity contribution in [3.05, 3.63) is 0 Å². The van der Waals surface area contributed by atoms with Crippen LogP contribution in [0.1, 0.15) is 53.9 Å². The number of hydrogen-bond acceptors (Lipinski definition) is 5. The van der Waals surface area contributed by atoms with Crippen molar-refractivity contribution in [2.45, 2.75) is 71.2 Å². The summed E-state index contributed by atoms with van der Waals surface area (Å²) in [5, 5.41) is 11.2. The molecule has 4 rings (SSSR count). The van der Waals surface area contributed by atoms with Crippen molar-refractivity contribution in [3.8, 4) is 0 Å². The summed E-state index contributed by atoms with van der Waals surface area (Å²) >= 11 is 0. The smallest absolute Gasteiger partial charge is 0.339 e. The number of carbonyl (C=O) groups is 2. The van der Waals surface area contributed by atoms with E-state index in [1.54, 1.807) is 0 Å². The molecule has 0 aromatic carbocycles. The van der Waals surface area contributed by atoms with E-state index in [9.17, 15) is 14.7 Å². The fourth-order valence-electron chi connectivity index (χ4n) is 7.08. The van der Waals surface area contributed by atoms with Gasteiger partial charge < -0.3 is 14.6 Å². The molecule has 2 bridgehead atoms. The Hall–Kier alpha value is -1.10. The van der Waals surface area contributed by atoms with Crippen LogP contribution in [0.5, 0.6) is 0 Å². The fraction of sp³-hybridized carbons (Fsp3) is 0.889. The second-order valence-corrected chi connectivity index (χ2v) is 9.19. The van der Waals surface area contributed by atoms with E-state index in [1.165, 1.54) is 6.92 Å². The number of esters is 2. The molecular weight excluding hydrogens is 296 g/mol. The van der Waals surface area contributed by atoms with Crippen LogP contribution in [-0.4, -0.2) is 34.4 Å². The number of hydrogen-bond donors (Lipinski definition) is 1. The van der Waals surface area contributed by atoms with Crippen LogP contribution in [-0.2, 0) is 19.1 Å². The van der Waals surface area contributed by atoms with E-state index in [-0.39, 0.29) is 35.2 Å². The third kappa shape index (κ3) is 1.40. The molecule has 4 fully saturated rings. The lowest BCUT2D eigenvalue weighted by Gasteiger charge is -2.52. The number of carbonyl (C=O) groups excluding carboxylic acids is 2. The second-order valence-electron chi connectivity index (χ2n) is 9.19. The van der Waals surface area contributed by atoms with Crippen LogP contribution in [0.2, 0.25) is 0 Å². The lowest BCUT2D eigenvalue weighted by Crippen LogP contribution is -2.60. The van der Waals surface area contributed by atoms with Crippen LogP contribution in [0.25, 0.3) is 0 Å². The minimum Gasteiger partial charge on any atom is -0.462 e. The lowest BCUT2D eigenvalue weighted by atomic mass is 9.59. The molecule has 4 aliphatic rings. The average Bonchev–Trinajstić information content (AvgIpc) is 2.74. The first-order chi connectivity index (χ1) is 10.5. The molecule has 0 aromatic rings. The van der Waals surface area contributed by atoms with Gasteiger partial charge in [0.1, 0.15) is 11.7 Å². The summed E-state index contributed by atoms with van der Waals surface area (Å²) in [6.07, 6.45) is 1.68. The van der Waals surface area contributed by atoms with E-state index in [0.717, 1.165) is 6.42 Å². The molecule has 0 radical (unpaired) electrons. The van der Waals surface area contributed by atoms with E-state index in [2.05, 4.69) is 20.8 Å².